The van der Waals surface area contributed by atoms with Crippen LogP contribution in [-0.2, 0) is 6.42 Å². The van der Waals surface area contributed by atoms with Gasteiger partial charge in [0.15, 0.2) is 17.5 Å². The highest BCUT2D eigenvalue weighted by Gasteiger charge is 2.41. The number of fused-ring (bicyclic) bond motifs is 2. The molecule has 166 valence electrons. The number of quaternary nitrogens is 1. The number of nitrogens with zero attached hydrogens (tertiary/aromatic N) is 1. The molecular formula is C23H24N3O6+. The van der Waals surface area contributed by atoms with Crippen LogP contribution in [0.3, 0.4) is 0 Å². The van der Waals surface area contributed by atoms with Gasteiger partial charge in [-0.2, -0.15) is 0 Å². The molecule has 0 aliphatic carbocycles. The first kappa shape index (κ1) is 20.2. The highest BCUT2D eigenvalue weighted by Crippen LogP contribution is 2.48. The molecule has 0 bridgehead atoms. The topological polar surface area (TPSA) is 107 Å². The predicted octanol–water partition coefficient (Wildman–Crippen LogP) is 0.437. The molecule has 2 atom stereocenters. The second kappa shape index (κ2) is 7.45. The largest absolute Gasteiger partial charge is 0.494 e. The van der Waals surface area contributed by atoms with E-state index in [2.05, 4.69) is 4.98 Å². The van der Waals surface area contributed by atoms with E-state index >= 15 is 0 Å². The Kier molecular flexibility index (Phi) is 4.70. The lowest BCUT2D eigenvalue weighted by molar-refractivity contribution is -0.908. The molecule has 2 aliphatic rings. The Balaban J connectivity index is 1.78. The molecular weight excluding hydrogens is 414 g/mol. The third-order valence-corrected chi connectivity index (χ3v) is 6.22. The number of methoxy groups -OCH3 is 1. The molecule has 0 saturated heterocycles. The fourth-order valence-electron chi connectivity index (χ4n) is 4.65. The summed E-state index contributed by atoms with van der Waals surface area (Å²) in [7, 11) is 3.48. The van der Waals surface area contributed by atoms with Crippen LogP contribution in [0.15, 0.2) is 39.9 Å². The molecule has 3 N–H and O–H groups in total. The van der Waals surface area contributed by atoms with E-state index in [9.17, 15) is 14.7 Å². The molecule has 0 spiro atoms. The Morgan fingerprint density at radius 2 is 1.94 bits per heavy atom. The Morgan fingerprint density at radius 3 is 2.66 bits per heavy atom. The molecule has 0 saturated carbocycles. The van der Waals surface area contributed by atoms with Gasteiger partial charge in [0.05, 0.1) is 32.0 Å². The average molecular weight is 438 g/mol. The molecule has 3 heterocycles. The molecule has 2 aromatic carbocycles. The highest BCUT2D eigenvalue weighted by atomic mass is 16.7. The summed E-state index contributed by atoms with van der Waals surface area (Å²) in [6.45, 7) is 2.73. The SMILES string of the molecule is COc1c2c(cc3c1[C@H](c1c(O)n(-c4ccc(C)cc4)c(=O)[nH]c1=O)[NH+](C)CC3)OCO2. The summed E-state index contributed by atoms with van der Waals surface area (Å²) in [5, 5.41) is 11.3. The van der Waals surface area contributed by atoms with Crippen molar-refractivity contribution in [3.8, 4) is 28.8 Å². The zero-order chi connectivity index (χ0) is 22.6. The maximum atomic E-state index is 13.0. The molecule has 1 unspecified atom stereocenters. The van der Waals surface area contributed by atoms with E-state index in [1.54, 1.807) is 12.1 Å². The zero-order valence-corrected chi connectivity index (χ0v) is 18.0. The van der Waals surface area contributed by atoms with Crippen molar-refractivity contribution in [1.82, 2.24) is 9.55 Å². The van der Waals surface area contributed by atoms with Gasteiger partial charge in [0, 0.05) is 6.42 Å². The minimum atomic E-state index is -0.702. The standard InChI is InChI=1S/C23H23N3O6/c1-12-4-6-14(7-5-12)26-22(28)17(21(27)24-23(26)29)18-16-13(8-9-25(18)2)10-15-19(20(16)30-3)32-11-31-15/h4-7,10,18,28H,8-9,11H2,1-3H3,(H,24,27,29)/p+1/t18-/m1/s1. The monoisotopic (exact) mass is 438 g/mol. The molecule has 5 rings (SSSR count). The average Bonchev–Trinajstić information content (AvgIpc) is 3.23. The summed E-state index contributed by atoms with van der Waals surface area (Å²) in [6.07, 6.45) is 0.737. The number of benzene rings is 2. The van der Waals surface area contributed by atoms with Gasteiger partial charge in [0.2, 0.25) is 18.4 Å². The lowest BCUT2D eigenvalue weighted by Crippen LogP contribution is -3.10. The summed E-state index contributed by atoms with van der Waals surface area (Å²) in [5.41, 5.74) is 1.93. The van der Waals surface area contributed by atoms with Gasteiger partial charge >= 0.3 is 5.69 Å². The van der Waals surface area contributed by atoms with Crippen LogP contribution in [0.25, 0.3) is 5.69 Å². The van der Waals surface area contributed by atoms with E-state index in [1.807, 2.05) is 32.2 Å². The second-order valence-corrected chi connectivity index (χ2v) is 8.16. The summed E-state index contributed by atoms with van der Waals surface area (Å²) < 4.78 is 18.0. The van der Waals surface area contributed by atoms with Crippen molar-refractivity contribution in [1.29, 1.82) is 0 Å². The molecule has 2 aliphatic heterocycles. The zero-order valence-electron chi connectivity index (χ0n) is 18.0. The lowest BCUT2D eigenvalue weighted by Gasteiger charge is -2.33. The number of aromatic amines is 1. The van der Waals surface area contributed by atoms with Crippen LogP contribution < -0.4 is 30.4 Å². The fourth-order valence-corrected chi connectivity index (χ4v) is 4.65. The van der Waals surface area contributed by atoms with E-state index in [4.69, 9.17) is 14.2 Å². The van der Waals surface area contributed by atoms with Crippen molar-refractivity contribution in [2.45, 2.75) is 19.4 Å². The molecule has 0 fully saturated rings. The van der Waals surface area contributed by atoms with Crippen LogP contribution in [0.4, 0.5) is 0 Å². The first-order valence-corrected chi connectivity index (χ1v) is 10.4. The van der Waals surface area contributed by atoms with E-state index in [1.165, 1.54) is 7.11 Å². The number of H-pyrrole nitrogens is 1. The van der Waals surface area contributed by atoms with Crippen LogP contribution >= 0.6 is 0 Å². The van der Waals surface area contributed by atoms with Crippen molar-refractivity contribution in [3.63, 3.8) is 0 Å². The normalized spacial score (nSPS) is 19.0. The smallest absolute Gasteiger partial charge is 0.335 e. The quantitative estimate of drug-likeness (QED) is 0.548. The molecule has 32 heavy (non-hydrogen) atoms. The van der Waals surface area contributed by atoms with Crippen LogP contribution in [-0.4, -0.2) is 42.2 Å². The highest BCUT2D eigenvalue weighted by molar-refractivity contribution is 5.63. The summed E-state index contributed by atoms with van der Waals surface area (Å²) in [6, 6.07) is 8.45. The molecule has 9 heteroatoms. The van der Waals surface area contributed by atoms with Crippen molar-refractivity contribution in [2.75, 3.05) is 27.5 Å². The van der Waals surface area contributed by atoms with Crippen molar-refractivity contribution in [3.05, 3.63) is 73.4 Å². The second-order valence-electron chi connectivity index (χ2n) is 8.16. The van der Waals surface area contributed by atoms with Gasteiger partial charge < -0.3 is 24.2 Å². The van der Waals surface area contributed by atoms with E-state index in [0.29, 0.717) is 29.5 Å². The number of hydrogen-bond acceptors (Lipinski definition) is 6. The minimum absolute atomic E-state index is 0.0894. The van der Waals surface area contributed by atoms with Gasteiger partial charge in [0.1, 0.15) is 5.56 Å². The number of aryl methyl sites for hydroxylation is 1. The van der Waals surface area contributed by atoms with E-state index in [-0.39, 0.29) is 18.2 Å². The number of nitrogens with one attached hydrogen (secondary N) is 2. The van der Waals surface area contributed by atoms with E-state index < -0.39 is 17.3 Å². The molecule has 3 aromatic rings. The number of aromatic nitrogens is 2. The first-order chi connectivity index (χ1) is 15.4. The van der Waals surface area contributed by atoms with Gasteiger partial charge in [-0.3, -0.25) is 9.78 Å². The Bertz CT molecular complexity index is 1330. The molecule has 9 nitrogen and oxygen atoms in total. The maximum Gasteiger partial charge on any atom is 0.335 e. The van der Waals surface area contributed by atoms with Crippen LogP contribution in [0.2, 0.25) is 0 Å². The summed E-state index contributed by atoms with van der Waals surface area (Å²) in [4.78, 5) is 29.1. The van der Waals surface area contributed by atoms with Crippen molar-refractivity contribution >= 4 is 0 Å². The van der Waals surface area contributed by atoms with E-state index in [0.717, 1.165) is 32.6 Å². The fraction of sp³-hybridized carbons (Fsp3) is 0.304. The number of aromatic hydroxyl groups is 1. The van der Waals surface area contributed by atoms with Crippen LogP contribution in [0, 0.1) is 6.92 Å². The van der Waals surface area contributed by atoms with Gasteiger partial charge in [-0.25, -0.2) is 9.36 Å². The number of rotatable bonds is 3. The number of likely N-dealkylation sites (N-methyl/N-ethyl adjacent to an activating group) is 1. The lowest BCUT2D eigenvalue weighted by atomic mass is 9.87. The van der Waals surface area contributed by atoms with Gasteiger partial charge in [-0.05, 0) is 30.7 Å². The van der Waals surface area contributed by atoms with Gasteiger partial charge in [-0.1, -0.05) is 17.7 Å². The first-order valence-electron chi connectivity index (χ1n) is 10.4. The molecule has 0 radical (unpaired) electrons. The van der Waals surface area contributed by atoms with Crippen molar-refractivity contribution in [2.24, 2.45) is 0 Å². The Labute approximate surface area is 183 Å². The molecule has 1 aromatic heterocycles. The molecule has 0 amide bonds. The summed E-state index contributed by atoms with van der Waals surface area (Å²) >= 11 is 0. The van der Waals surface area contributed by atoms with Crippen LogP contribution in [0.5, 0.6) is 23.1 Å². The Hall–Kier alpha value is -3.72. The maximum absolute atomic E-state index is 13.0. The minimum Gasteiger partial charge on any atom is -0.494 e. The third-order valence-electron chi connectivity index (χ3n) is 6.22. The predicted molar refractivity (Wildman–Crippen MR) is 115 cm³/mol. The van der Waals surface area contributed by atoms with Crippen molar-refractivity contribution < 1.29 is 24.2 Å². The number of hydrogen-bond donors (Lipinski definition) is 3. The number of ether oxygens (including phenoxy) is 3. The van der Waals surface area contributed by atoms with Gasteiger partial charge in [0.25, 0.3) is 5.56 Å². The van der Waals surface area contributed by atoms with Gasteiger partial charge in [-0.15, -0.1) is 0 Å². The van der Waals surface area contributed by atoms with Crippen LogP contribution in [0.1, 0.15) is 28.3 Å². The Morgan fingerprint density at radius 1 is 1.19 bits per heavy atom. The third kappa shape index (κ3) is 2.96. The summed E-state index contributed by atoms with van der Waals surface area (Å²) in [5.74, 6) is 1.17.